The molecule has 216 valence electrons. The monoisotopic (exact) mass is 658 g/mol. The number of hydrogen-bond acceptors (Lipinski definition) is 7. The van der Waals surface area contributed by atoms with Crippen LogP contribution in [0.3, 0.4) is 0 Å². The first-order valence-corrected chi connectivity index (χ1v) is 13.6. The third-order valence-corrected chi connectivity index (χ3v) is 5.83. The molecule has 2 aliphatic heterocycles. The van der Waals surface area contributed by atoms with E-state index < -0.39 is 12.6 Å². The van der Waals surface area contributed by atoms with Gasteiger partial charge in [0, 0.05) is 56.1 Å². The van der Waals surface area contributed by atoms with Gasteiger partial charge >= 0.3 is 19.5 Å². The van der Waals surface area contributed by atoms with Crippen molar-refractivity contribution in [1.82, 2.24) is 5.32 Å². The molecule has 3 aliphatic rings. The minimum atomic E-state index is -1.12. The second-order valence-electron chi connectivity index (χ2n) is 9.26. The number of aliphatic imine (C=N–C) groups is 1. The molecule has 1 aliphatic carbocycles. The van der Waals surface area contributed by atoms with E-state index in [1.807, 2.05) is 43.6 Å². The molecule has 3 rings (SSSR count). The predicted molar refractivity (Wildman–Crippen MR) is 154 cm³/mol. The Balaban J connectivity index is 0. The van der Waals surface area contributed by atoms with Crippen molar-refractivity contribution in [3.63, 3.8) is 0 Å². The summed E-state index contributed by atoms with van der Waals surface area (Å²) in [6.07, 6.45) is 19.4. The maximum Gasteiger partial charge on any atom is 2.00 e. The van der Waals surface area contributed by atoms with Crippen LogP contribution in [0, 0.1) is 0 Å². The molecule has 0 spiro atoms. The first-order valence-electron chi connectivity index (χ1n) is 13.6. The van der Waals surface area contributed by atoms with Crippen LogP contribution in [0.1, 0.15) is 65.7 Å². The summed E-state index contributed by atoms with van der Waals surface area (Å²) in [6.45, 7) is 7.91. The molecule has 1 saturated heterocycles. The Morgan fingerprint density at radius 3 is 2.30 bits per heavy atom. The third-order valence-electron chi connectivity index (χ3n) is 5.83. The van der Waals surface area contributed by atoms with Crippen LogP contribution < -0.4 is 5.32 Å². The van der Waals surface area contributed by atoms with E-state index in [1.54, 1.807) is 20.1 Å². The zero-order valence-corrected chi connectivity index (χ0v) is 30.4. The maximum atomic E-state index is 12.7. The molecule has 0 bridgehead atoms. The van der Waals surface area contributed by atoms with E-state index in [1.165, 1.54) is 19.3 Å². The second kappa shape index (κ2) is 25.4. The van der Waals surface area contributed by atoms with Gasteiger partial charge in [-0.25, -0.2) is 0 Å². The van der Waals surface area contributed by atoms with Crippen molar-refractivity contribution in [1.29, 1.82) is 0 Å². The Kier molecular flexibility index (Phi) is 25.9. The molecule has 9 nitrogen and oxygen atoms in total. The van der Waals surface area contributed by atoms with Crippen LogP contribution in [0.5, 0.6) is 0 Å². The number of aliphatic hydroxyl groups is 4. The van der Waals surface area contributed by atoms with Gasteiger partial charge in [0.1, 0.15) is 0 Å². The average Bonchev–Trinajstić information content (AvgIpc) is 2.93. The van der Waals surface area contributed by atoms with Crippen molar-refractivity contribution in [2.45, 2.75) is 90.4 Å². The Labute approximate surface area is 265 Å². The van der Waals surface area contributed by atoms with Gasteiger partial charge in [-0.2, -0.15) is 6.20 Å². The summed E-state index contributed by atoms with van der Waals surface area (Å²) in [5.41, 5.74) is 2.40. The van der Waals surface area contributed by atoms with Crippen LogP contribution >= 0.6 is 0 Å². The van der Waals surface area contributed by atoms with Crippen molar-refractivity contribution in [2.24, 2.45) is 4.99 Å². The first-order chi connectivity index (χ1) is 18.3. The van der Waals surface area contributed by atoms with Crippen molar-refractivity contribution < 1.29 is 64.2 Å². The van der Waals surface area contributed by atoms with E-state index in [4.69, 9.17) is 20.4 Å². The van der Waals surface area contributed by atoms with Crippen LogP contribution in [0.15, 0.2) is 64.5 Å². The van der Waals surface area contributed by atoms with Gasteiger partial charge in [0.2, 0.25) is 0 Å². The maximum absolute atomic E-state index is 12.7. The van der Waals surface area contributed by atoms with Gasteiger partial charge < -0.3 is 36.4 Å². The number of Topliss-reactive ketones (excluding diaryl/α,β-unsaturated/α-hetero) is 1. The molecule has 2 heterocycles. The minimum absolute atomic E-state index is 0. The van der Waals surface area contributed by atoms with E-state index in [0.717, 1.165) is 31.5 Å². The van der Waals surface area contributed by atoms with E-state index >= 15 is 0 Å². The molecule has 40 heavy (non-hydrogen) atoms. The SMILES string of the molecule is CC1=CC(=CNCCC2CCCC[N-]2)C(=O)C(C=NCCC2C=CC=C[N-]2)=C1.CCC(O)O.CCC(O)O.[Zn+2].[Zn]. The molecular weight excluding hydrogens is 615 g/mol. The molecule has 2 atom stereocenters. The van der Waals surface area contributed by atoms with E-state index in [2.05, 4.69) is 27.0 Å². The summed E-state index contributed by atoms with van der Waals surface area (Å²) in [6, 6.07) is 0.665. The molecule has 5 N–H and O–H groups in total. The average molecular weight is 661 g/mol. The summed E-state index contributed by atoms with van der Waals surface area (Å²) in [4.78, 5) is 17.1. The smallest absolute Gasteiger partial charge is 0.685 e. The van der Waals surface area contributed by atoms with Crippen LogP contribution in [-0.2, 0) is 43.8 Å². The zero-order valence-electron chi connectivity index (χ0n) is 24.5. The van der Waals surface area contributed by atoms with Gasteiger partial charge in [0.15, 0.2) is 18.4 Å². The molecular formula is C29H46N4O5Zn2. The Bertz CT molecular complexity index is 856. The summed E-state index contributed by atoms with van der Waals surface area (Å²) < 4.78 is 0. The second-order valence-corrected chi connectivity index (χ2v) is 9.26. The Morgan fingerprint density at radius 1 is 1.07 bits per heavy atom. The number of ketones is 1. The van der Waals surface area contributed by atoms with Gasteiger partial charge in [-0.05, 0) is 43.9 Å². The van der Waals surface area contributed by atoms with Gasteiger partial charge in [0.05, 0.1) is 0 Å². The molecule has 0 saturated carbocycles. The molecule has 0 aromatic rings. The van der Waals surface area contributed by atoms with Crippen molar-refractivity contribution >= 4 is 12.0 Å². The van der Waals surface area contributed by atoms with Crippen molar-refractivity contribution in [2.75, 3.05) is 19.6 Å². The molecule has 0 amide bonds. The number of aliphatic hydroxyl groups excluding tert-OH is 2. The van der Waals surface area contributed by atoms with Gasteiger partial charge in [0.25, 0.3) is 0 Å². The number of piperidine rings is 1. The van der Waals surface area contributed by atoms with Crippen LogP contribution in [0.2, 0.25) is 0 Å². The fourth-order valence-electron chi connectivity index (χ4n) is 3.55. The van der Waals surface area contributed by atoms with E-state index in [0.29, 0.717) is 36.6 Å². The number of allylic oxidation sites excluding steroid dienone is 7. The number of hydrogen-bond donors (Lipinski definition) is 5. The van der Waals surface area contributed by atoms with Crippen molar-refractivity contribution in [3.05, 3.63) is 70.1 Å². The van der Waals surface area contributed by atoms with Crippen LogP contribution in [0.4, 0.5) is 0 Å². The number of nitrogens with one attached hydrogen (secondary N) is 1. The summed E-state index contributed by atoms with van der Waals surface area (Å²) in [5.74, 6) is 0.0226. The standard InChI is InChI=1S/C23H30N4O.2C3H8O2.2Zn/c1-18-14-19(16-24-12-8-21-6-2-4-10-26-21)23(28)20(15-18)17-25-13-9-22-7-3-5-11-27-22;2*1-2-3(4)5;;/h2,4,6,10,14-17,21-22H,3,5,7-9,11-13H2,1H3,(H,24,25,28);2*3-5H,2H2,1H3;;/q-2;;;;+2. The van der Waals surface area contributed by atoms with Crippen molar-refractivity contribution in [3.8, 4) is 0 Å². The van der Waals surface area contributed by atoms with Gasteiger partial charge in [-0.3, -0.25) is 9.79 Å². The molecule has 0 radical (unpaired) electrons. The van der Waals surface area contributed by atoms with Crippen LogP contribution in [0.25, 0.3) is 10.6 Å². The fraction of sp³-hybridized carbons (Fsp3) is 0.586. The van der Waals surface area contributed by atoms with E-state index in [9.17, 15) is 4.79 Å². The predicted octanol–water partition coefficient (Wildman–Crippen LogP) is 3.93. The summed E-state index contributed by atoms with van der Waals surface area (Å²) in [5, 5.41) is 44.0. The zero-order chi connectivity index (χ0) is 28.2. The normalized spacial score (nSPS) is 20.8. The fourth-order valence-corrected chi connectivity index (χ4v) is 3.55. The number of carbonyl (C=O) groups excluding carboxylic acids is 1. The van der Waals surface area contributed by atoms with Gasteiger partial charge in [-0.1, -0.05) is 63.8 Å². The quantitative estimate of drug-likeness (QED) is 0.0788. The molecule has 1 fully saturated rings. The van der Waals surface area contributed by atoms with Gasteiger partial charge in [-0.15, -0.1) is 12.6 Å². The number of carbonyl (C=O) groups is 1. The Hall–Kier alpha value is -1.31. The molecule has 0 aromatic carbocycles. The first kappa shape index (κ1) is 40.8. The third kappa shape index (κ3) is 19.7. The topological polar surface area (TPSA) is 151 Å². The molecule has 11 heteroatoms. The molecule has 0 aromatic heterocycles. The summed E-state index contributed by atoms with van der Waals surface area (Å²) >= 11 is 0. The summed E-state index contributed by atoms with van der Waals surface area (Å²) in [7, 11) is 0. The number of nitrogens with zero attached hydrogens (tertiary/aromatic N) is 3. The largest absolute Gasteiger partial charge is 2.00 e. The number of rotatable bonds is 10. The molecule has 2 unspecified atom stereocenters. The van der Waals surface area contributed by atoms with E-state index in [-0.39, 0.29) is 50.8 Å². The minimum Gasteiger partial charge on any atom is -0.685 e. The van der Waals surface area contributed by atoms with Crippen LogP contribution in [-0.4, -0.2) is 76.7 Å². The Morgan fingerprint density at radius 2 is 1.75 bits per heavy atom.